The van der Waals surface area contributed by atoms with E-state index < -0.39 is 35.8 Å². The molecule has 1 aromatic rings. The average Bonchev–Trinajstić information content (AvgIpc) is 2.94. The van der Waals surface area contributed by atoms with E-state index in [1.54, 1.807) is 13.8 Å². The van der Waals surface area contributed by atoms with E-state index in [2.05, 4.69) is 9.89 Å². The van der Waals surface area contributed by atoms with Gasteiger partial charge in [0, 0.05) is 19.6 Å². The molecule has 1 aromatic heterocycles. The lowest BCUT2D eigenvalue weighted by Gasteiger charge is -2.34. The van der Waals surface area contributed by atoms with Crippen LogP contribution in [0.5, 0.6) is 0 Å². The summed E-state index contributed by atoms with van der Waals surface area (Å²) in [6.07, 6.45) is -17.1. The van der Waals surface area contributed by atoms with Crippen molar-refractivity contribution < 1.29 is 49.2 Å². The fourth-order valence-electron chi connectivity index (χ4n) is 3.09. The predicted octanol–water partition coefficient (Wildman–Crippen LogP) is 3.58. The molecule has 1 unspecified atom stereocenters. The fraction of sp³-hybridized carbons (Fsp3) is 0.733. The van der Waals surface area contributed by atoms with E-state index in [-0.39, 0.29) is 38.4 Å². The maximum Gasteiger partial charge on any atom is 0.434 e. The molecule has 0 spiro atoms. The zero-order valence-corrected chi connectivity index (χ0v) is 16.6. The number of carbonyl (C=O) groups excluding carboxylic acids is 1. The molecule has 1 N–H and O–H groups in total. The van der Waals surface area contributed by atoms with Crippen LogP contribution >= 0.6 is 0 Å². The summed E-state index contributed by atoms with van der Waals surface area (Å²) in [5.41, 5.74) is 0.692. The number of aryl methyl sites for hydroxylation is 2. The quantitative estimate of drug-likeness (QED) is 0.526. The lowest BCUT2D eigenvalue weighted by atomic mass is 9.97. The molecule has 8 nitrogen and oxygen atoms in total. The van der Waals surface area contributed by atoms with Crippen molar-refractivity contribution in [2.45, 2.75) is 45.1 Å². The van der Waals surface area contributed by atoms with Gasteiger partial charge in [0.1, 0.15) is 11.4 Å². The Labute approximate surface area is 169 Å². The van der Waals surface area contributed by atoms with Gasteiger partial charge in [0.05, 0.1) is 0 Å². The van der Waals surface area contributed by atoms with Crippen molar-refractivity contribution >= 4 is 23.0 Å². The van der Waals surface area contributed by atoms with E-state index in [1.807, 2.05) is 0 Å². The first kappa shape index (κ1) is 24.2. The Bertz CT molecular complexity index is 742. The Hall–Kier alpha value is -2.03. The van der Waals surface area contributed by atoms with Gasteiger partial charge in [-0.15, -0.1) is 0 Å². The Morgan fingerprint density at radius 1 is 1.27 bits per heavy atom. The van der Waals surface area contributed by atoms with Crippen molar-refractivity contribution in [2.24, 2.45) is 5.92 Å². The minimum Gasteiger partial charge on any atom is -0.426 e. The van der Waals surface area contributed by atoms with Gasteiger partial charge < -0.3 is 14.2 Å². The lowest BCUT2D eigenvalue weighted by molar-refractivity contribution is -0.308. The number of carbonyl (C=O) groups is 1. The number of anilines is 1. The molecule has 1 amide bonds. The maximum atomic E-state index is 12.5. The van der Waals surface area contributed by atoms with Gasteiger partial charge in [-0.1, -0.05) is 5.16 Å². The van der Waals surface area contributed by atoms with Crippen LogP contribution in [-0.4, -0.2) is 63.0 Å². The number of hydrogen-bond acceptors (Lipinski definition) is 5. The van der Waals surface area contributed by atoms with Crippen LogP contribution in [0.4, 0.5) is 36.8 Å². The second-order valence-corrected chi connectivity index (χ2v) is 7.64. The number of amides is 1. The van der Waals surface area contributed by atoms with Gasteiger partial charge in [-0.25, -0.2) is 9.00 Å². The summed E-state index contributed by atoms with van der Waals surface area (Å²) < 4.78 is 106. The zero-order valence-electron chi connectivity index (χ0n) is 15.8. The van der Waals surface area contributed by atoms with E-state index >= 15 is 0 Å². The van der Waals surface area contributed by atoms with Crippen LogP contribution in [0, 0.1) is 19.8 Å². The number of piperidine rings is 1. The fourth-order valence-corrected chi connectivity index (χ4v) is 3.85. The summed E-state index contributed by atoms with van der Waals surface area (Å²) in [6.45, 7) is 2.83. The van der Waals surface area contributed by atoms with Gasteiger partial charge >= 0.3 is 18.4 Å². The summed E-state index contributed by atoms with van der Waals surface area (Å²) in [6, 6.07) is 0. The van der Waals surface area contributed by atoms with Crippen LogP contribution in [-0.2, 0) is 16.0 Å². The topological polar surface area (TPSA) is 96.1 Å². The molecule has 0 saturated carbocycles. The van der Waals surface area contributed by atoms with Crippen molar-refractivity contribution in [1.82, 2.24) is 10.1 Å². The van der Waals surface area contributed by atoms with Gasteiger partial charge in [0.2, 0.25) is 0 Å². The Morgan fingerprint density at radius 3 is 2.20 bits per heavy atom. The third-order valence-corrected chi connectivity index (χ3v) is 5.25. The standard InChI is InChI=1S/C15H19F6N3O5S/c1-8-11(9(2)29-22-8)24(30(26)27)7-10-3-5-23(6-4-10)13(25)28-12(14(16,17)18)15(19,20)21/h10,12H,3-7H2,1-2H3,(H,26,27). The van der Waals surface area contributed by atoms with E-state index in [9.17, 15) is 39.9 Å². The molecule has 2 rings (SSSR count). The van der Waals surface area contributed by atoms with Crippen LogP contribution in [0.15, 0.2) is 4.52 Å². The molecule has 0 aliphatic carbocycles. The van der Waals surface area contributed by atoms with Gasteiger partial charge in [0.15, 0.2) is 5.76 Å². The average molecular weight is 467 g/mol. The van der Waals surface area contributed by atoms with E-state index in [0.29, 0.717) is 17.1 Å². The Balaban J connectivity index is 1.98. The minimum absolute atomic E-state index is 0.0443. The second-order valence-electron chi connectivity index (χ2n) is 6.74. The monoisotopic (exact) mass is 467 g/mol. The number of likely N-dealkylation sites (tertiary alicyclic amines) is 1. The number of hydrogen-bond donors (Lipinski definition) is 1. The normalized spacial score (nSPS) is 17.3. The SMILES string of the molecule is Cc1noc(C)c1N(CC1CCN(C(=O)OC(C(F)(F)F)C(F)(F)F)CC1)S(=O)O. The minimum atomic E-state index is -5.79. The molecule has 1 fully saturated rings. The Kier molecular flexibility index (Phi) is 7.27. The molecule has 1 atom stereocenters. The van der Waals surface area contributed by atoms with Crippen LogP contribution in [0.2, 0.25) is 0 Å². The highest BCUT2D eigenvalue weighted by atomic mass is 32.2. The van der Waals surface area contributed by atoms with Crippen molar-refractivity contribution in [3.05, 3.63) is 11.5 Å². The summed E-state index contributed by atoms with van der Waals surface area (Å²) in [5, 5.41) is 3.70. The molecule has 0 bridgehead atoms. The van der Waals surface area contributed by atoms with Crippen LogP contribution < -0.4 is 4.31 Å². The summed E-state index contributed by atoms with van der Waals surface area (Å²) >= 11 is -2.42. The first-order valence-corrected chi connectivity index (χ1v) is 9.68. The number of rotatable bonds is 5. The van der Waals surface area contributed by atoms with Crippen molar-refractivity contribution in [3.8, 4) is 0 Å². The van der Waals surface area contributed by atoms with E-state index in [0.717, 1.165) is 9.21 Å². The van der Waals surface area contributed by atoms with Crippen LogP contribution in [0.25, 0.3) is 0 Å². The molecule has 1 aliphatic rings. The highest BCUT2D eigenvalue weighted by Crippen LogP contribution is 2.36. The summed E-state index contributed by atoms with van der Waals surface area (Å²) in [5.74, 6) is 0.0427. The van der Waals surface area contributed by atoms with Gasteiger partial charge in [-0.05, 0) is 32.6 Å². The van der Waals surface area contributed by atoms with Crippen LogP contribution in [0.3, 0.4) is 0 Å². The highest BCUT2D eigenvalue weighted by molar-refractivity contribution is 7.80. The molecule has 1 saturated heterocycles. The van der Waals surface area contributed by atoms with Crippen LogP contribution in [0.1, 0.15) is 24.3 Å². The smallest absolute Gasteiger partial charge is 0.426 e. The highest BCUT2D eigenvalue weighted by Gasteiger charge is 2.60. The largest absolute Gasteiger partial charge is 0.434 e. The van der Waals surface area contributed by atoms with Crippen molar-refractivity contribution in [1.29, 1.82) is 0 Å². The number of aromatic nitrogens is 1. The molecule has 172 valence electrons. The summed E-state index contributed by atoms with van der Waals surface area (Å²) in [7, 11) is 0. The molecular formula is C15H19F6N3O5S. The van der Waals surface area contributed by atoms with Crippen molar-refractivity contribution in [2.75, 3.05) is 23.9 Å². The summed E-state index contributed by atoms with van der Waals surface area (Å²) in [4.78, 5) is 12.5. The van der Waals surface area contributed by atoms with Gasteiger partial charge in [-0.3, -0.25) is 8.86 Å². The molecule has 15 heteroatoms. The third-order valence-electron chi connectivity index (χ3n) is 4.54. The third kappa shape index (κ3) is 5.77. The Morgan fingerprint density at radius 2 is 1.80 bits per heavy atom. The maximum absolute atomic E-state index is 12.5. The number of ether oxygens (including phenoxy) is 1. The van der Waals surface area contributed by atoms with Gasteiger partial charge in [0.25, 0.3) is 17.4 Å². The first-order chi connectivity index (χ1) is 13.7. The number of halogens is 6. The number of alkyl halides is 6. The molecule has 0 aromatic carbocycles. The molecule has 1 aliphatic heterocycles. The zero-order chi connectivity index (χ0) is 22.9. The molecule has 2 heterocycles. The predicted molar refractivity (Wildman–Crippen MR) is 90.8 cm³/mol. The van der Waals surface area contributed by atoms with Gasteiger partial charge in [-0.2, -0.15) is 26.3 Å². The molecular weight excluding hydrogens is 448 g/mol. The van der Waals surface area contributed by atoms with Crippen molar-refractivity contribution in [3.63, 3.8) is 0 Å². The van der Waals surface area contributed by atoms with E-state index in [4.69, 9.17) is 4.52 Å². The lowest BCUT2D eigenvalue weighted by Crippen LogP contribution is -2.49. The first-order valence-electron chi connectivity index (χ1n) is 8.62. The van der Waals surface area contributed by atoms with E-state index in [1.165, 1.54) is 0 Å². The number of nitrogens with zero attached hydrogens (tertiary/aromatic N) is 3. The molecule has 0 radical (unpaired) electrons. The molecule has 30 heavy (non-hydrogen) atoms. The second kappa shape index (κ2) is 8.99.